The van der Waals surface area contributed by atoms with Gasteiger partial charge in [-0.05, 0) is 35.5 Å². The SMILES string of the molecule is COC(=O)CN1C(=O)S/C(=C\c2cc(Cl)c(O)c(OC)c2)C1=O. The van der Waals surface area contributed by atoms with Gasteiger partial charge in [0, 0.05) is 0 Å². The van der Waals surface area contributed by atoms with Crippen LogP contribution < -0.4 is 4.74 Å². The molecule has 0 saturated carbocycles. The van der Waals surface area contributed by atoms with E-state index in [9.17, 15) is 19.5 Å². The lowest BCUT2D eigenvalue weighted by molar-refractivity contribution is -0.143. The van der Waals surface area contributed by atoms with Crippen LogP contribution in [0, 0.1) is 0 Å². The summed E-state index contributed by atoms with van der Waals surface area (Å²) < 4.78 is 9.42. The molecule has 1 aromatic carbocycles. The fourth-order valence-corrected chi connectivity index (χ4v) is 2.87. The second-order valence-electron chi connectivity index (χ2n) is 4.40. The minimum atomic E-state index is -0.692. The molecule has 0 atom stereocenters. The van der Waals surface area contributed by atoms with E-state index in [-0.39, 0.29) is 21.4 Å². The van der Waals surface area contributed by atoms with Crippen LogP contribution in [0.4, 0.5) is 4.79 Å². The zero-order valence-corrected chi connectivity index (χ0v) is 13.7. The Morgan fingerprint density at radius 2 is 2.09 bits per heavy atom. The van der Waals surface area contributed by atoms with Crippen LogP contribution in [0.15, 0.2) is 17.0 Å². The molecule has 1 heterocycles. The van der Waals surface area contributed by atoms with E-state index in [1.807, 2.05) is 0 Å². The maximum Gasteiger partial charge on any atom is 0.325 e. The summed E-state index contributed by atoms with van der Waals surface area (Å²) in [7, 11) is 2.53. The maximum atomic E-state index is 12.2. The molecule has 0 unspecified atom stereocenters. The summed E-state index contributed by atoms with van der Waals surface area (Å²) in [6.07, 6.45) is 1.43. The van der Waals surface area contributed by atoms with Gasteiger partial charge in [-0.1, -0.05) is 11.6 Å². The number of carbonyl (C=O) groups excluding carboxylic acids is 3. The molecule has 1 saturated heterocycles. The van der Waals surface area contributed by atoms with Gasteiger partial charge in [0.15, 0.2) is 11.5 Å². The number of rotatable bonds is 4. The Bertz CT molecular complexity index is 717. The number of benzene rings is 1. The molecular formula is C14H12ClNO6S. The summed E-state index contributed by atoms with van der Waals surface area (Å²) in [5.41, 5.74) is 0.466. The summed E-state index contributed by atoms with van der Waals surface area (Å²) in [5, 5.41) is 9.16. The van der Waals surface area contributed by atoms with Crippen molar-refractivity contribution in [3.05, 3.63) is 27.6 Å². The number of nitrogens with zero attached hydrogens (tertiary/aromatic N) is 1. The van der Waals surface area contributed by atoms with Gasteiger partial charge in [-0.25, -0.2) is 0 Å². The van der Waals surface area contributed by atoms with Gasteiger partial charge in [-0.3, -0.25) is 19.3 Å². The lowest BCUT2D eigenvalue weighted by Gasteiger charge is -2.10. The van der Waals surface area contributed by atoms with Crippen molar-refractivity contribution in [1.29, 1.82) is 0 Å². The smallest absolute Gasteiger partial charge is 0.325 e. The second kappa shape index (κ2) is 6.93. The molecule has 0 aliphatic carbocycles. The molecule has 0 bridgehead atoms. The number of ether oxygens (including phenoxy) is 2. The molecule has 7 nitrogen and oxygen atoms in total. The van der Waals surface area contributed by atoms with Gasteiger partial charge in [0.25, 0.3) is 11.1 Å². The van der Waals surface area contributed by atoms with Gasteiger partial charge in [0.2, 0.25) is 0 Å². The Morgan fingerprint density at radius 3 is 2.70 bits per heavy atom. The third-order valence-corrected chi connectivity index (χ3v) is 4.15. The van der Waals surface area contributed by atoms with E-state index in [0.29, 0.717) is 17.3 Å². The first-order chi connectivity index (χ1) is 10.9. The predicted octanol–water partition coefficient (Wildman–Crippen LogP) is 2.26. The standard InChI is InChI=1S/C14H12ClNO6S/c1-21-9-4-7(3-8(15)12(9)18)5-10-13(19)16(14(20)23-10)6-11(17)22-2/h3-5,18H,6H2,1-2H3/b10-5-. The maximum absolute atomic E-state index is 12.2. The number of phenolic OH excluding ortho intramolecular Hbond substituents is 1. The molecule has 2 rings (SSSR count). The monoisotopic (exact) mass is 357 g/mol. The fraction of sp³-hybridized carbons (Fsp3) is 0.214. The Morgan fingerprint density at radius 1 is 1.39 bits per heavy atom. The molecule has 1 aromatic rings. The largest absolute Gasteiger partial charge is 0.503 e. The zero-order chi connectivity index (χ0) is 17.1. The average molecular weight is 358 g/mol. The molecule has 0 radical (unpaired) electrons. The zero-order valence-electron chi connectivity index (χ0n) is 12.2. The van der Waals surface area contributed by atoms with E-state index < -0.39 is 23.7 Å². The van der Waals surface area contributed by atoms with Crippen LogP contribution >= 0.6 is 23.4 Å². The lowest BCUT2D eigenvalue weighted by atomic mass is 10.2. The first-order valence-corrected chi connectivity index (χ1v) is 7.45. The number of thioether (sulfide) groups is 1. The topological polar surface area (TPSA) is 93.1 Å². The van der Waals surface area contributed by atoms with Crippen molar-refractivity contribution < 1.29 is 29.0 Å². The van der Waals surface area contributed by atoms with E-state index in [1.165, 1.54) is 32.4 Å². The minimum Gasteiger partial charge on any atom is -0.503 e. The Kier molecular flexibility index (Phi) is 5.17. The Labute approximate surface area is 140 Å². The van der Waals surface area contributed by atoms with Crippen LogP contribution in [0.5, 0.6) is 11.5 Å². The van der Waals surface area contributed by atoms with Crippen LogP contribution in [0.25, 0.3) is 6.08 Å². The molecule has 122 valence electrons. The number of imide groups is 1. The normalized spacial score (nSPS) is 16.1. The van der Waals surface area contributed by atoms with Crippen LogP contribution in [0.2, 0.25) is 5.02 Å². The van der Waals surface area contributed by atoms with Crippen LogP contribution in [0.1, 0.15) is 5.56 Å². The van der Waals surface area contributed by atoms with Gasteiger partial charge in [0.05, 0.1) is 24.1 Å². The summed E-state index contributed by atoms with van der Waals surface area (Å²) in [6.45, 7) is -0.446. The second-order valence-corrected chi connectivity index (χ2v) is 5.80. The molecular weight excluding hydrogens is 346 g/mol. The van der Waals surface area contributed by atoms with Crippen molar-refractivity contribution in [3.8, 4) is 11.5 Å². The first kappa shape index (κ1) is 17.2. The highest BCUT2D eigenvalue weighted by Crippen LogP contribution is 2.37. The fourth-order valence-electron chi connectivity index (χ4n) is 1.81. The van der Waals surface area contributed by atoms with Gasteiger partial charge >= 0.3 is 5.97 Å². The summed E-state index contributed by atoms with van der Waals surface area (Å²) >= 11 is 6.57. The number of phenols is 1. The number of aromatic hydroxyl groups is 1. The van der Waals surface area contributed by atoms with Crippen molar-refractivity contribution >= 4 is 46.6 Å². The van der Waals surface area contributed by atoms with E-state index in [2.05, 4.69) is 4.74 Å². The van der Waals surface area contributed by atoms with Crippen molar-refractivity contribution in [2.24, 2.45) is 0 Å². The van der Waals surface area contributed by atoms with E-state index in [0.717, 1.165) is 4.90 Å². The van der Waals surface area contributed by atoms with E-state index >= 15 is 0 Å². The van der Waals surface area contributed by atoms with Gasteiger partial charge < -0.3 is 14.6 Å². The highest BCUT2D eigenvalue weighted by atomic mass is 35.5. The molecule has 0 aromatic heterocycles. The summed E-state index contributed by atoms with van der Waals surface area (Å²) in [5.74, 6) is -1.38. The Balaban J connectivity index is 2.31. The molecule has 2 amide bonds. The van der Waals surface area contributed by atoms with Gasteiger partial charge in [-0.2, -0.15) is 0 Å². The number of amides is 2. The molecule has 1 aliphatic rings. The van der Waals surface area contributed by atoms with E-state index in [4.69, 9.17) is 16.3 Å². The first-order valence-electron chi connectivity index (χ1n) is 6.26. The van der Waals surface area contributed by atoms with Crippen LogP contribution in [-0.2, 0) is 14.3 Å². The number of methoxy groups -OCH3 is 2. The summed E-state index contributed by atoms with van der Waals surface area (Å²) in [4.78, 5) is 36.1. The third-order valence-electron chi connectivity index (χ3n) is 2.96. The molecule has 9 heteroatoms. The van der Waals surface area contributed by atoms with Crippen molar-refractivity contribution in [2.45, 2.75) is 0 Å². The number of esters is 1. The van der Waals surface area contributed by atoms with Gasteiger partial charge in [-0.15, -0.1) is 0 Å². The molecule has 0 spiro atoms. The summed E-state index contributed by atoms with van der Waals surface area (Å²) in [6, 6.07) is 2.89. The molecule has 23 heavy (non-hydrogen) atoms. The quantitative estimate of drug-likeness (QED) is 0.652. The lowest BCUT2D eigenvalue weighted by Crippen LogP contribution is -2.34. The number of hydrogen-bond donors (Lipinski definition) is 1. The Hall–Kier alpha value is -2.19. The number of hydrogen-bond acceptors (Lipinski definition) is 7. The molecule has 1 aliphatic heterocycles. The third kappa shape index (κ3) is 3.59. The average Bonchev–Trinajstić information content (AvgIpc) is 2.78. The highest BCUT2D eigenvalue weighted by Gasteiger charge is 2.36. The molecule has 1 fully saturated rings. The van der Waals surface area contributed by atoms with E-state index in [1.54, 1.807) is 0 Å². The number of carbonyl (C=O) groups is 3. The van der Waals surface area contributed by atoms with Crippen LogP contribution in [0.3, 0.4) is 0 Å². The molecule has 1 N–H and O–H groups in total. The minimum absolute atomic E-state index is 0.0457. The predicted molar refractivity (Wildman–Crippen MR) is 84.4 cm³/mol. The van der Waals surface area contributed by atoms with Crippen LogP contribution in [-0.4, -0.2) is 47.9 Å². The van der Waals surface area contributed by atoms with Crippen molar-refractivity contribution in [3.63, 3.8) is 0 Å². The highest BCUT2D eigenvalue weighted by molar-refractivity contribution is 8.18. The van der Waals surface area contributed by atoms with Crippen molar-refractivity contribution in [2.75, 3.05) is 20.8 Å². The number of halogens is 1. The van der Waals surface area contributed by atoms with Gasteiger partial charge in [0.1, 0.15) is 6.54 Å². The van der Waals surface area contributed by atoms with Crippen molar-refractivity contribution in [1.82, 2.24) is 4.90 Å².